The van der Waals surface area contributed by atoms with Crippen LogP contribution >= 0.6 is 0 Å². The van der Waals surface area contributed by atoms with Crippen molar-refractivity contribution in [1.29, 1.82) is 0 Å². The van der Waals surface area contributed by atoms with Crippen molar-refractivity contribution in [2.75, 3.05) is 6.61 Å². The van der Waals surface area contributed by atoms with Gasteiger partial charge in [0.2, 0.25) is 0 Å². The van der Waals surface area contributed by atoms with E-state index in [1.54, 1.807) is 0 Å². The zero-order valence-electron chi connectivity index (χ0n) is 15.1. The van der Waals surface area contributed by atoms with Crippen molar-refractivity contribution >= 4 is 12.1 Å². The number of ether oxygens (including phenoxy) is 1. The van der Waals surface area contributed by atoms with E-state index in [0.29, 0.717) is 12.8 Å². The Morgan fingerprint density at radius 2 is 1.63 bits per heavy atom. The summed E-state index contributed by atoms with van der Waals surface area (Å²) >= 11 is 0. The van der Waals surface area contributed by atoms with Gasteiger partial charge in [0.05, 0.1) is 0 Å². The maximum atomic E-state index is 12.8. The van der Waals surface area contributed by atoms with Crippen LogP contribution < -0.4 is 0 Å². The van der Waals surface area contributed by atoms with E-state index >= 15 is 0 Å². The highest BCUT2D eigenvalue weighted by Crippen LogP contribution is 2.55. The highest BCUT2D eigenvalue weighted by molar-refractivity contribution is 5.87. The molecule has 6 rings (SSSR count). The number of aliphatic carboxylic acids is 1. The number of carboxylic acids is 1. The molecule has 5 heteroatoms. The second kappa shape index (κ2) is 5.59. The smallest absolute Gasteiger partial charge is 0.411 e. The molecule has 2 saturated heterocycles. The lowest BCUT2D eigenvalue weighted by Crippen LogP contribution is -2.55. The molecule has 2 heterocycles. The summed E-state index contributed by atoms with van der Waals surface area (Å²) in [5.41, 5.74) is 3.59. The standard InChI is InChI=1S/C22H21NO4/c1-13-14-10-22(11-14,20(24)25)23(13)21(26)27-12-19-17-8-4-2-6-15(17)16-7-3-5-9-18(16)19/h2-9,13-14,19H,10-12H2,1H3,(H,24,25). The number of rotatable bonds is 3. The number of carbonyl (C=O) groups excluding carboxylic acids is 1. The molecular formula is C22H21NO4. The molecule has 1 N–H and O–H groups in total. The molecule has 0 aromatic heterocycles. The monoisotopic (exact) mass is 363 g/mol. The lowest BCUT2D eigenvalue weighted by Gasteiger charge is -2.37. The molecule has 4 aliphatic rings. The van der Waals surface area contributed by atoms with Crippen LogP contribution in [-0.2, 0) is 9.53 Å². The fourth-order valence-corrected chi connectivity index (χ4v) is 5.23. The molecule has 0 radical (unpaired) electrons. The molecule has 2 aliphatic carbocycles. The molecule has 0 spiro atoms. The van der Waals surface area contributed by atoms with Crippen molar-refractivity contribution in [3.05, 3.63) is 59.7 Å². The molecular weight excluding hydrogens is 342 g/mol. The molecule has 2 bridgehead atoms. The van der Waals surface area contributed by atoms with E-state index in [9.17, 15) is 14.7 Å². The van der Waals surface area contributed by atoms with E-state index < -0.39 is 17.6 Å². The van der Waals surface area contributed by atoms with Gasteiger partial charge < -0.3 is 9.84 Å². The van der Waals surface area contributed by atoms with Crippen LogP contribution in [-0.4, -0.2) is 40.3 Å². The molecule has 1 atom stereocenters. The van der Waals surface area contributed by atoms with E-state index in [4.69, 9.17) is 4.74 Å². The molecule has 1 amide bonds. The first kappa shape index (κ1) is 16.4. The zero-order valence-corrected chi connectivity index (χ0v) is 15.1. The quantitative estimate of drug-likeness (QED) is 0.899. The van der Waals surface area contributed by atoms with Gasteiger partial charge in [0.1, 0.15) is 12.1 Å². The number of amides is 1. The Hall–Kier alpha value is -2.82. The van der Waals surface area contributed by atoms with Crippen molar-refractivity contribution in [2.45, 2.75) is 37.3 Å². The van der Waals surface area contributed by atoms with Gasteiger partial charge in [-0.15, -0.1) is 0 Å². The van der Waals surface area contributed by atoms with Crippen molar-refractivity contribution < 1.29 is 19.4 Å². The second-order valence-electron chi connectivity index (χ2n) is 7.92. The molecule has 27 heavy (non-hydrogen) atoms. The lowest BCUT2D eigenvalue weighted by atomic mass is 9.72. The van der Waals surface area contributed by atoms with Crippen molar-refractivity contribution in [1.82, 2.24) is 4.90 Å². The predicted molar refractivity (Wildman–Crippen MR) is 99.5 cm³/mol. The molecule has 3 fully saturated rings. The molecule has 138 valence electrons. The van der Waals surface area contributed by atoms with E-state index in [-0.39, 0.29) is 24.5 Å². The van der Waals surface area contributed by atoms with E-state index in [1.807, 2.05) is 31.2 Å². The van der Waals surface area contributed by atoms with Crippen LogP contribution in [0.1, 0.15) is 36.8 Å². The van der Waals surface area contributed by atoms with Gasteiger partial charge in [0.25, 0.3) is 0 Å². The van der Waals surface area contributed by atoms with Crippen LogP contribution in [0.25, 0.3) is 11.1 Å². The van der Waals surface area contributed by atoms with Gasteiger partial charge in [-0.1, -0.05) is 48.5 Å². The fraction of sp³-hybridized carbons (Fsp3) is 0.364. The molecule has 2 aromatic rings. The average molecular weight is 363 g/mol. The van der Waals surface area contributed by atoms with Gasteiger partial charge in [-0.05, 0) is 47.9 Å². The Bertz CT molecular complexity index is 901. The Morgan fingerprint density at radius 3 is 2.19 bits per heavy atom. The summed E-state index contributed by atoms with van der Waals surface area (Å²) in [4.78, 5) is 26.0. The molecule has 1 saturated carbocycles. The van der Waals surface area contributed by atoms with E-state index in [1.165, 1.54) is 16.0 Å². The van der Waals surface area contributed by atoms with Crippen LogP contribution in [0.4, 0.5) is 4.79 Å². The summed E-state index contributed by atoms with van der Waals surface area (Å²) in [6.07, 6.45) is 0.563. The number of hydrogen-bond acceptors (Lipinski definition) is 3. The second-order valence-corrected chi connectivity index (χ2v) is 7.92. The minimum atomic E-state index is -1.06. The third-order valence-corrected chi connectivity index (χ3v) is 6.68. The van der Waals surface area contributed by atoms with Crippen molar-refractivity contribution in [2.24, 2.45) is 5.92 Å². The predicted octanol–water partition coefficient (Wildman–Crippen LogP) is 3.87. The summed E-state index contributed by atoms with van der Waals surface area (Å²) in [5.74, 6) is -0.673. The van der Waals surface area contributed by atoms with Gasteiger partial charge in [-0.25, -0.2) is 9.59 Å². The minimum Gasteiger partial charge on any atom is -0.479 e. The van der Waals surface area contributed by atoms with Crippen LogP contribution in [0.3, 0.4) is 0 Å². The average Bonchev–Trinajstić information content (AvgIpc) is 3.22. The maximum absolute atomic E-state index is 12.8. The first-order valence-corrected chi connectivity index (χ1v) is 9.40. The number of carboxylic acid groups (broad SMARTS) is 1. The summed E-state index contributed by atoms with van der Waals surface area (Å²) in [7, 11) is 0. The highest BCUT2D eigenvalue weighted by atomic mass is 16.6. The number of fused-ring (bicyclic) bond motifs is 4. The van der Waals surface area contributed by atoms with Gasteiger partial charge in [0, 0.05) is 12.0 Å². The Kier molecular flexibility index (Phi) is 3.39. The van der Waals surface area contributed by atoms with Crippen molar-refractivity contribution in [3.8, 4) is 11.1 Å². The summed E-state index contributed by atoms with van der Waals surface area (Å²) < 4.78 is 5.69. The number of hydrogen-bond donors (Lipinski definition) is 1. The highest BCUT2D eigenvalue weighted by Gasteiger charge is 2.67. The normalized spacial score (nSPS) is 27.7. The topological polar surface area (TPSA) is 66.8 Å². The molecule has 2 aliphatic heterocycles. The number of benzene rings is 2. The first-order valence-electron chi connectivity index (χ1n) is 9.40. The van der Waals surface area contributed by atoms with Crippen molar-refractivity contribution in [3.63, 3.8) is 0 Å². The number of carbonyl (C=O) groups is 2. The molecule has 5 nitrogen and oxygen atoms in total. The van der Waals surface area contributed by atoms with Gasteiger partial charge in [-0.3, -0.25) is 4.90 Å². The van der Waals surface area contributed by atoms with Gasteiger partial charge >= 0.3 is 12.1 Å². The van der Waals surface area contributed by atoms with Crippen LogP contribution in [0.15, 0.2) is 48.5 Å². The number of nitrogens with zero attached hydrogens (tertiary/aromatic N) is 1. The third-order valence-electron chi connectivity index (χ3n) is 6.68. The zero-order chi connectivity index (χ0) is 18.8. The molecule has 2 aromatic carbocycles. The third kappa shape index (κ3) is 2.11. The largest absolute Gasteiger partial charge is 0.479 e. The lowest BCUT2D eigenvalue weighted by molar-refractivity contribution is -0.151. The van der Waals surface area contributed by atoms with Crippen LogP contribution in [0.5, 0.6) is 0 Å². The van der Waals surface area contributed by atoms with Crippen LogP contribution in [0, 0.1) is 5.92 Å². The SMILES string of the molecule is CC1C2CC(C(=O)O)(C2)N1C(=O)OCC1c2ccccc2-c2ccccc21. The minimum absolute atomic E-state index is 0.0185. The Labute approximate surface area is 157 Å². The summed E-state index contributed by atoms with van der Waals surface area (Å²) in [5, 5.41) is 9.64. The van der Waals surface area contributed by atoms with E-state index in [2.05, 4.69) is 24.3 Å². The maximum Gasteiger partial charge on any atom is 0.411 e. The fourth-order valence-electron chi connectivity index (χ4n) is 5.23. The summed E-state index contributed by atoms with van der Waals surface area (Å²) in [6, 6.07) is 16.3. The summed E-state index contributed by atoms with van der Waals surface area (Å²) in [6.45, 7) is 2.14. The first-order chi connectivity index (χ1) is 13.0. The Balaban J connectivity index is 1.39. The van der Waals surface area contributed by atoms with Crippen LogP contribution in [0.2, 0.25) is 0 Å². The van der Waals surface area contributed by atoms with Gasteiger partial charge in [-0.2, -0.15) is 0 Å². The molecule has 1 unspecified atom stereocenters. The van der Waals surface area contributed by atoms with Gasteiger partial charge in [0.15, 0.2) is 0 Å². The van der Waals surface area contributed by atoms with E-state index in [0.717, 1.165) is 11.1 Å². The Morgan fingerprint density at radius 1 is 1.07 bits per heavy atom.